The molecule has 232 valence electrons. The first-order valence-electron chi connectivity index (χ1n) is 14.4. The number of anilines is 1. The second-order valence-electron chi connectivity index (χ2n) is 11.3. The summed E-state index contributed by atoms with van der Waals surface area (Å²) in [6.45, 7) is 1.04. The summed E-state index contributed by atoms with van der Waals surface area (Å²) in [5.74, 6) is 0.596. The van der Waals surface area contributed by atoms with Crippen molar-refractivity contribution in [2.24, 2.45) is 0 Å². The van der Waals surface area contributed by atoms with Gasteiger partial charge in [-0.3, -0.25) is 9.69 Å². The number of hydrogen-bond donors (Lipinski definition) is 0. The van der Waals surface area contributed by atoms with Crippen molar-refractivity contribution in [2.45, 2.75) is 35.9 Å². The van der Waals surface area contributed by atoms with Crippen molar-refractivity contribution in [1.29, 1.82) is 5.26 Å². The minimum atomic E-state index is -4.44. The molecule has 1 amide bonds. The van der Waals surface area contributed by atoms with Crippen LogP contribution in [-0.4, -0.2) is 64.0 Å². The van der Waals surface area contributed by atoms with Crippen LogP contribution in [0.15, 0.2) is 82.4 Å². The Bertz CT molecular complexity index is 1890. The van der Waals surface area contributed by atoms with Crippen LogP contribution < -0.4 is 13.8 Å². The van der Waals surface area contributed by atoms with E-state index in [1.807, 2.05) is 42.1 Å². The molecule has 1 fully saturated rings. The minimum absolute atomic E-state index is 0.0817. The fraction of sp³-hybridized carbons (Fsp3) is 0.303. The van der Waals surface area contributed by atoms with Crippen molar-refractivity contribution < 1.29 is 27.1 Å². The van der Waals surface area contributed by atoms with Gasteiger partial charge in [0.15, 0.2) is 5.54 Å². The Morgan fingerprint density at radius 3 is 2.49 bits per heavy atom. The molecule has 0 saturated carbocycles. The van der Waals surface area contributed by atoms with Gasteiger partial charge in [0.25, 0.3) is 15.9 Å². The largest absolute Gasteiger partial charge is 0.497 e. The Hall–Kier alpha value is -4.70. The molecule has 1 saturated heterocycles. The van der Waals surface area contributed by atoms with E-state index >= 15 is 4.79 Å². The monoisotopic (exact) mass is 627 g/mol. The van der Waals surface area contributed by atoms with Gasteiger partial charge < -0.3 is 18.8 Å². The van der Waals surface area contributed by atoms with Gasteiger partial charge in [0.2, 0.25) is 5.89 Å². The number of sulfonamides is 1. The molecule has 1 aromatic heterocycles. The minimum Gasteiger partial charge on any atom is -0.497 e. The van der Waals surface area contributed by atoms with E-state index in [-0.39, 0.29) is 16.1 Å². The first-order valence-corrected chi connectivity index (χ1v) is 15.9. The van der Waals surface area contributed by atoms with E-state index in [1.54, 1.807) is 12.3 Å². The molecule has 0 bridgehead atoms. The molecule has 11 nitrogen and oxygen atoms in total. The van der Waals surface area contributed by atoms with E-state index < -0.39 is 27.5 Å². The van der Waals surface area contributed by atoms with Crippen LogP contribution in [0.4, 0.5) is 5.69 Å². The second-order valence-corrected chi connectivity index (χ2v) is 13.1. The maximum atomic E-state index is 15.3. The molecule has 12 heteroatoms. The smallest absolute Gasteiger partial charge is 0.271 e. The standard InChI is InChI=1S/C33H33N5O6S/c1-36(2)21-23-7-13-26(30(19-23)43-4)33(37-16-5-6-29(37)31-35-15-17-44-31)27-18-22(20-34)8-14-28(27)38(32(33)39)45(40,41)25-11-9-24(42-3)10-12-25/h7-15,17-19,29H,5-6,16,21H2,1-4H3. The molecule has 4 aromatic rings. The Kier molecular flexibility index (Phi) is 7.86. The number of fused-ring (bicyclic) bond motifs is 1. The Labute approximate surface area is 262 Å². The van der Waals surface area contributed by atoms with Crippen molar-refractivity contribution in [2.75, 3.05) is 39.2 Å². The number of amides is 1. The molecule has 3 aromatic carbocycles. The van der Waals surface area contributed by atoms with E-state index in [0.29, 0.717) is 54.4 Å². The number of ether oxygens (including phenoxy) is 2. The van der Waals surface area contributed by atoms with Crippen molar-refractivity contribution in [1.82, 2.24) is 14.8 Å². The zero-order valence-corrected chi connectivity index (χ0v) is 26.2. The maximum Gasteiger partial charge on any atom is 0.271 e. The van der Waals surface area contributed by atoms with Gasteiger partial charge in [-0.25, -0.2) is 17.7 Å². The summed E-state index contributed by atoms with van der Waals surface area (Å²) >= 11 is 0. The van der Waals surface area contributed by atoms with Crippen LogP contribution in [-0.2, 0) is 26.9 Å². The molecule has 0 N–H and O–H groups in total. The molecule has 45 heavy (non-hydrogen) atoms. The third-order valence-corrected chi connectivity index (χ3v) is 10.1. The normalized spacial score (nSPS) is 20.0. The highest BCUT2D eigenvalue weighted by Crippen LogP contribution is 2.56. The SMILES string of the molecule is COc1ccc(S(=O)(=O)N2C(=O)C(c3ccc(CN(C)C)cc3OC)(N3CCCC3c3ncco3)c3cc(C#N)ccc32)cc1. The van der Waals surface area contributed by atoms with E-state index in [2.05, 4.69) is 11.1 Å². The van der Waals surface area contributed by atoms with Gasteiger partial charge in [-0.05, 0) is 81.0 Å². The number of nitriles is 1. The molecule has 2 unspecified atom stereocenters. The van der Waals surface area contributed by atoms with Gasteiger partial charge in [-0.2, -0.15) is 5.26 Å². The van der Waals surface area contributed by atoms with E-state index in [0.717, 1.165) is 9.87 Å². The third kappa shape index (κ3) is 4.84. The van der Waals surface area contributed by atoms with E-state index in [4.69, 9.17) is 13.9 Å². The topological polar surface area (TPSA) is 129 Å². The lowest BCUT2D eigenvalue weighted by Gasteiger charge is -2.41. The van der Waals surface area contributed by atoms with Crippen molar-refractivity contribution in [3.63, 3.8) is 0 Å². The predicted molar refractivity (Wildman–Crippen MR) is 165 cm³/mol. The fourth-order valence-electron chi connectivity index (χ4n) is 6.55. The Balaban J connectivity index is 1.66. The number of benzene rings is 3. The fourth-order valence-corrected chi connectivity index (χ4v) is 8.01. The number of aromatic nitrogens is 1. The van der Waals surface area contributed by atoms with Crippen LogP contribution in [0.3, 0.4) is 0 Å². The zero-order valence-electron chi connectivity index (χ0n) is 25.4. The van der Waals surface area contributed by atoms with Crippen LogP contribution in [0.5, 0.6) is 11.5 Å². The highest BCUT2D eigenvalue weighted by atomic mass is 32.2. The van der Waals surface area contributed by atoms with Gasteiger partial charge in [0.1, 0.15) is 17.8 Å². The number of hydrogen-bond acceptors (Lipinski definition) is 10. The van der Waals surface area contributed by atoms with Crippen LogP contribution >= 0.6 is 0 Å². The number of likely N-dealkylation sites (tertiary alicyclic amines) is 1. The van der Waals surface area contributed by atoms with Gasteiger partial charge in [0.05, 0.1) is 48.7 Å². The van der Waals surface area contributed by atoms with Gasteiger partial charge in [-0.1, -0.05) is 12.1 Å². The quantitative estimate of drug-likeness (QED) is 0.263. The lowest BCUT2D eigenvalue weighted by molar-refractivity contribution is -0.127. The summed E-state index contributed by atoms with van der Waals surface area (Å²) in [6.07, 6.45) is 4.35. The molecule has 2 aliphatic heterocycles. The average Bonchev–Trinajstić information content (AvgIpc) is 3.79. The molecule has 0 aliphatic carbocycles. The van der Waals surface area contributed by atoms with Crippen molar-refractivity contribution in [3.05, 3.63) is 101 Å². The lowest BCUT2D eigenvalue weighted by atomic mass is 9.80. The molecule has 0 radical (unpaired) electrons. The molecule has 3 heterocycles. The van der Waals surface area contributed by atoms with Gasteiger partial charge in [0, 0.05) is 24.2 Å². The highest BCUT2D eigenvalue weighted by Gasteiger charge is 2.62. The summed E-state index contributed by atoms with van der Waals surface area (Å²) in [5, 5.41) is 9.97. The first-order chi connectivity index (χ1) is 21.7. The summed E-state index contributed by atoms with van der Waals surface area (Å²) in [6, 6.07) is 17.9. The molecule has 6 rings (SSSR count). The summed E-state index contributed by atoms with van der Waals surface area (Å²) in [4.78, 5) is 23.7. The lowest BCUT2D eigenvalue weighted by Crippen LogP contribution is -2.54. The molecular formula is C33H33N5O6S. The van der Waals surface area contributed by atoms with Crippen molar-refractivity contribution in [3.8, 4) is 17.6 Å². The Morgan fingerprint density at radius 1 is 1.07 bits per heavy atom. The number of rotatable bonds is 9. The Morgan fingerprint density at radius 2 is 1.84 bits per heavy atom. The number of oxazole rings is 1. The van der Waals surface area contributed by atoms with E-state index in [1.165, 1.54) is 56.9 Å². The molecular weight excluding hydrogens is 594 g/mol. The number of carbonyl (C=O) groups excluding carboxylic acids is 1. The number of carbonyl (C=O) groups is 1. The summed E-state index contributed by atoms with van der Waals surface area (Å²) in [7, 11) is 2.49. The van der Waals surface area contributed by atoms with Crippen LogP contribution in [0.1, 0.15) is 47.0 Å². The first kappa shape index (κ1) is 30.3. The third-order valence-electron chi connectivity index (χ3n) is 8.40. The maximum absolute atomic E-state index is 15.3. The van der Waals surface area contributed by atoms with Crippen LogP contribution in [0.2, 0.25) is 0 Å². The molecule has 2 atom stereocenters. The second kappa shape index (κ2) is 11.7. The van der Waals surface area contributed by atoms with Gasteiger partial charge in [-0.15, -0.1) is 0 Å². The predicted octanol–water partition coefficient (Wildman–Crippen LogP) is 4.44. The summed E-state index contributed by atoms with van der Waals surface area (Å²) in [5.41, 5.74) is 0.498. The van der Waals surface area contributed by atoms with Crippen molar-refractivity contribution >= 4 is 21.6 Å². The zero-order chi connectivity index (χ0) is 31.9. The molecule has 2 aliphatic rings. The van der Waals surface area contributed by atoms with E-state index in [9.17, 15) is 13.7 Å². The van der Waals surface area contributed by atoms with Crippen LogP contribution in [0.25, 0.3) is 0 Å². The number of methoxy groups -OCH3 is 2. The highest BCUT2D eigenvalue weighted by molar-refractivity contribution is 7.93. The van der Waals surface area contributed by atoms with Gasteiger partial charge >= 0.3 is 0 Å². The molecule has 0 spiro atoms. The van der Waals surface area contributed by atoms with Crippen LogP contribution in [0, 0.1) is 11.3 Å². The number of nitrogens with zero attached hydrogens (tertiary/aromatic N) is 5. The summed E-state index contributed by atoms with van der Waals surface area (Å²) < 4.78 is 46.7. The average molecular weight is 628 g/mol.